The van der Waals surface area contributed by atoms with E-state index in [0.29, 0.717) is 0 Å². The van der Waals surface area contributed by atoms with E-state index in [4.69, 9.17) is 9.84 Å². The number of carbonyl (C=O) groups is 1. The summed E-state index contributed by atoms with van der Waals surface area (Å²) in [6.07, 6.45) is 2.79. The summed E-state index contributed by atoms with van der Waals surface area (Å²) in [5.74, 6) is 1.61. The molecule has 1 aliphatic rings. The van der Waals surface area contributed by atoms with Crippen LogP contribution >= 0.6 is 0 Å². The Morgan fingerprint density at radius 1 is 1.44 bits per heavy atom. The van der Waals surface area contributed by atoms with Crippen molar-refractivity contribution in [2.45, 2.75) is 25.8 Å². The fourth-order valence-corrected chi connectivity index (χ4v) is 2.68. The van der Waals surface area contributed by atoms with Crippen LogP contribution in [-0.2, 0) is 4.74 Å². The first-order valence-electron chi connectivity index (χ1n) is 7.83. The molecule has 0 spiro atoms. The summed E-state index contributed by atoms with van der Waals surface area (Å²) in [6.45, 7) is 1.14. The maximum Gasteiger partial charge on any atom is 0.343 e. The summed E-state index contributed by atoms with van der Waals surface area (Å²) in [7, 11) is 0. The van der Waals surface area contributed by atoms with Gasteiger partial charge in [0.25, 0.3) is 0 Å². The number of nitrogens with zero attached hydrogens (tertiary/aromatic N) is 1. The minimum Gasteiger partial charge on any atom is -0.462 e. The Bertz CT molecular complexity index is 981. The van der Waals surface area contributed by atoms with E-state index >= 15 is 0 Å². The van der Waals surface area contributed by atoms with Gasteiger partial charge in [-0.3, -0.25) is 4.79 Å². The number of aliphatic hydroxyl groups is 1. The standard InChI is InChI=1S/C18H15F2NO4/c1-2-25-18(24)13-9-21(10-5-6-10)16-12(17(13)23)8-14(19)11(15(16)20)4-3-7-22/h8-10,22H,2,5-7H2,1H3. The third kappa shape index (κ3) is 3.01. The van der Waals surface area contributed by atoms with Crippen LogP contribution in [0.5, 0.6) is 0 Å². The van der Waals surface area contributed by atoms with E-state index in [1.807, 2.05) is 0 Å². The lowest BCUT2D eigenvalue weighted by Crippen LogP contribution is -2.22. The fraction of sp³-hybridized carbons (Fsp3) is 0.333. The number of hydrogen-bond donors (Lipinski definition) is 1. The van der Waals surface area contributed by atoms with Crippen LogP contribution in [0.3, 0.4) is 0 Å². The van der Waals surface area contributed by atoms with E-state index in [0.717, 1.165) is 18.9 Å². The summed E-state index contributed by atoms with van der Waals surface area (Å²) in [6, 6.07) is 0.805. The lowest BCUT2D eigenvalue weighted by atomic mass is 10.1. The van der Waals surface area contributed by atoms with Crippen molar-refractivity contribution in [1.29, 1.82) is 0 Å². The normalized spacial score (nSPS) is 13.4. The molecule has 0 unspecified atom stereocenters. The van der Waals surface area contributed by atoms with Crippen molar-refractivity contribution in [2.24, 2.45) is 0 Å². The molecule has 25 heavy (non-hydrogen) atoms. The molecule has 3 rings (SSSR count). The Balaban J connectivity index is 2.36. The van der Waals surface area contributed by atoms with Gasteiger partial charge in [0.1, 0.15) is 18.0 Å². The molecule has 7 heteroatoms. The third-order valence-corrected chi connectivity index (χ3v) is 3.94. The first kappa shape index (κ1) is 17.1. The van der Waals surface area contributed by atoms with Crippen molar-refractivity contribution in [3.8, 4) is 11.8 Å². The summed E-state index contributed by atoms with van der Waals surface area (Å²) >= 11 is 0. The van der Waals surface area contributed by atoms with Gasteiger partial charge in [0.2, 0.25) is 5.43 Å². The van der Waals surface area contributed by atoms with Crippen LogP contribution in [0.4, 0.5) is 8.78 Å². The zero-order valence-corrected chi connectivity index (χ0v) is 13.4. The molecule has 1 aromatic heterocycles. The number of halogens is 2. The lowest BCUT2D eigenvalue weighted by Gasteiger charge is -2.14. The minimum absolute atomic E-state index is 0.0742. The number of aliphatic hydroxyl groups excluding tert-OH is 1. The number of benzene rings is 1. The number of ether oxygens (including phenoxy) is 1. The zero-order valence-electron chi connectivity index (χ0n) is 13.4. The van der Waals surface area contributed by atoms with Gasteiger partial charge < -0.3 is 14.4 Å². The molecule has 1 aromatic carbocycles. The quantitative estimate of drug-likeness (QED) is 0.682. The fourth-order valence-electron chi connectivity index (χ4n) is 2.68. The average Bonchev–Trinajstić information content (AvgIpc) is 3.40. The molecule has 130 valence electrons. The molecule has 1 N–H and O–H groups in total. The van der Waals surface area contributed by atoms with Gasteiger partial charge in [-0.1, -0.05) is 11.8 Å². The van der Waals surface area contributed by atoms with Crippen molar-refractivity contribution in [3.63, 3.8) is 0 Å². The predicted molar refractivity (Wildman–Crippen MR) is 86.3 cm³/mol. The van der Waals surface area contributed by atoms with Crippen LogP contribution < -0.4 is 5.43 Å². The second kappa shape index (κ2) is 6.65. The number of pyridine rings is 1. The molecule has 0 bridgehead atoms. The van der Waals surface area contributed by atoms with Crippen LogP contribution in [-0.4, -0.2) is 28.9 Å². The number of hydrogen-bond acceptors (Lipinski definition) is 4. The Kier molecular flexibility index (Phi) is 4.55. The van der Waals surface area contributed by atoms with Gasteiger partial charge in [0.15, 0.2) is 5.82 Å². The van der Waals surface area contributed by atoms with Gasteiger partial charge in [-0.15, -0.1) is 0 Å². The number of rotatable bonds is 3. The van der Waals surface area contributed by atoms with Crippen molar-refractivity contribution < 1.29 is 23.4 Å². The number of fused-ring (bicyclic) bond motifs is 1. The van der Waals surface area contributed by atoms with Gasteiger partial charge in [0.05, 0.1) is 23.1 Å². The summed E-state index contributed by atoms with van der Waals surface area (Å²) in [5.41, 5.74) is -1.65. The molecule has 2 aromatic rings. The topological polar surface area (TPSA) is 68.5 Å². The summed E-state index contributed by atoms with van der Waals surface area (Å²) in [5, 5.41) is 8.51. The zero-order chi connectivity index (χ0) is 18.1. The van der Waals surface area contributed by atoms with Crippen molar-refractivity contribution in [1.82, 2.24) is 4.57 Å². The molecular formula is C18H15F2NO4. The van der Waals surface area contributed by atoms with E-state index in [2.05, 4.69) is 11.8 Å². The number of carbonyl (C=O) groups excluding carboxylic acids is 1. The summed E-state index contributed by atoms with van der Waals surface area (Å²) < 4.78 is 35.4. The van der Waals surface area contributed by atoms with E-state index in [1.165, 1.54) is 10.8 Å². The monoisotopic (exact) mass is 347 g/mol. The Morgan fingerprint density at radius 2 is 2.16 bits per heavy atom. The molecule has 5 nitrogen and oxygen atoms in total. The van der Waals surface area contributed by atoms with E-state index in [-0.39, 0.29) is 29.1 Å². The lowest BCUT2D eigenvalue weighted by molar-refractivity contribution is 0.0524. The predicted octanol–water partition coefficient (Wildman–Crippen LogP) is 2.14. The molecule has 0 aliphatic heterocycles. The molecule has 1 aliphatic carbocycles. The molecule has 0 atom stereocenters. The average molecular weight is 347 g/mol. The van der Waals surface area contributed by atoms with Gasteiger partial charge in [-0.2, -0.15) is 0 Å². The Morgan fingerprint density at radius 3 is 2.76 bits per heavy atom. The van der Waals surface area contributed by atoms with Crippen molar-refractivity contribution in [2.75, 3.05) is 13.2 Å². The van der Waals surface area contributed by atoms with Crippen LogP contribution in [0.15, 0.2) is 17.1 Å². The highest BCUT2D eigenvalue weighted by atomic mass is 19.1. The first-order chi connectivity index (χ1) is 12.0. The van der Waals surface area contributed by atoms with E-state index < -0.39 is 35.2 Å². The molecule has 1 saturated carbocycles. The maximum atomic E-state index is 14.9. The second-order valence-electron chi connectivity index (χ2n) is 5.63. The molecular weight excluding hydrogens is 332 g/mol. The van der Waals surface area contributed by atoms with Gasteiger partial charge in [0, 0.05) is 12.2 Å². The Hall–Kier alpha value is -2.72. The van der Waals surface area contributed by atoms with Crippen molar-refractivity contribution >= 4 is 16.9 Å². The van der Waals surface area contributed by atoms with Gasteiger partial charge in [-0.05, 0) is 25.8 Å². The maximum absolute atomic E-state index is 14.9. The van der Waals surface area contributed by atoms with Gasteiger partial charge in [-0.25, -0.2) is 13.6 Å². The highest BCUT2D eigenvalue weighted by molar-refractivity contribution is 5.94. The van der Waals surface area contributed by atoms with Crippen LogP contribution in [0, 0.1) is 23.5 Å². The van der Waals surface area contributed by atoms with E-state index in [1.54, 1.807) is 6.92 Å². The second-order valence-corrected chi connectivity index (χ2v) is 5.63. The van der Waals surface area contributed by atoms with Crippen LogP contribution in [0.25, 0.3) is 10.9 Å². The summed E-state index contributed by atoms with van der Waals surface area (Å²) in [4.78, 5) is 24.6. The number of aromatic nitrogens is 1. The molecule has 0 radical (unpaired) electrons. The van der Waals surface area contributed by atoms with Gasteiger partial charge >= 0.3 is 5.97 Å². The SMILES string of the molecule is CCOC(=O)c1cn(C2CC2)c2c(F)c(C#CCO)c(F)cc2c1=O. The molecule has 0 saturated heterocycles. The molecule has 0 amide bonds. The molecule has 1 fully saturated rings. The van der Waals surface area contributed by atoms with E-state index in [9.17, 15) is 18.4 Å². The smallest absolute Gasteiger partial charge is 0.343 e. The highest BCUT2D eigenvalue weighted by Gasteiger charge is 2.29. The van der Waals surface area contributed by atoms with Crippen LogP contribution in [0.2, 0.25) is 0 Å². The Labute approximate surface area is 141 Å². The largest absolute Gasteiger partial charge is 0.462 e. The van der Waals surface area contributed by atoms with Crippen molar-refractivity contribution in [3.05, 3.63) is 45.2 Å². The third-order valence-electron chi connectivity index (χ3n) is 3.94. The number of esters is 1. The van der Waals surface area contributed by atoms with Crippen LogP contribution in [0.1, 0.15) is 41.7 Å². The minimum atomic E-state index is -1.02. The molecule has 1 heterocycles. The first-order valence-corrected chi connectivity index (χ1v) is 7.83. The highest BCUT2D eigenvalue weighted by Crippen LogP contribution is 2.38.